The summed E-state index contributed by atoms with van der Waals surface area (Å²) < 4.78 is 2.32. The molecule has 2 heterocycles. The number of nitrogens with one attached hydrogen (secondary N) is 1. The first-order valence-corrected chi connectivity index (χ1v) is 7.23. The second-order valence-electron chi connectivity index (χ2n) is 5.85. The Morgan fingerprint density at radius 2 is 2.17 bits per heavy atom. The van der Waals surface area contributed by atoms with Crippen molar-refractivity contribution >= 4 is 0 Å². The quantitative estimate of drug-likeness (QED) is 0.893. The molecule has 1 saturated heterocycles. The molecular formula is C14H26N4. The molecule has 4 nitrogen and oxygen atoms in total. The number of aryl methyl sites for hydroxylation is 1. The minimum absolute atomic E-state index is 0.193. The number of hydrogen-bond acceptors (Lipinski definition) is 3. The van der Waals surface area contributed by atoms with E-state index in [1.54, 1.807) is 0 Å². The van der Waals surface area contributed by atoms with Crippen molar-refractivity contribution in [3.8, 4) is 0 Å². The summed E-state index contributed by atoms with van der Waals surface area (Å²) in [6.07, 6.45) is 4.87. The van der Waals surface area contributed by atoms with Crippen molar-refractivity contribution in [2.45, 2.75) is 64.8 Å². The molecule has 0 aromatic carbocycles. The van der Waals surface area contributed by atoms with Crippen LogP contribution in [-0.4, -0.2) is 27.9 Å². The average molecular weight is 250 g/mol. The lowest BCUT2D eigenvalue weighted by molar-refractivity contribution is 0.262. The van der Waals surface area contributed by atoms with Crippen LogP contribution in [0.15, 0.2) is 0 Å². The third-order valence-corrected chi connectivity index (χ3v) is 4.06. The largest absolute Gasteiger partial charge is 0.316 e. The number of nitrogens with zero attached hydrogens (tertiary/aromatic N) is 3. The molecule has 18 heavy (non-hydrogen) atoms. The fraction of sp³-hybridized carbons (Fsp3) is 0.857. The van der Waals surface area contributed by atoms with Crippen LogP contribution in [0.3, 0.4) is 0 Å². The first kappa shape index (κ1) is 13.5. The van der Waals surface area contributed by atoms with E-state index in [2.05, 4.69) is 47.8 Å². The number of piperidine rings is 1. The van der Waals surface area contributed by atoms with Gasteiger partial charge in [0, 0.05) is 18.0 Å². The van der Waals surface area contributed by atoms with Crippen LogP contribution in [0.2, 0.25) is 0 Å². The Hall–Kier alpha value is -0.900. The van der Waals surface area contributed by atoms with E-state index in [-0.39, 0.29) is 5.41 Å². The molecule has 102 valence electrons. The fourth-order valence-electron chi connectivity index (χ4n) is 3.31. The van der Waals surface area contributed by atoms with Gasteiger partial charge in [-0.2, -0.15) is 0 Å². The lowest BCUT2D eigenvalue weighted by atomic mass is 9.76. The molecule has 0 amide bonds. The third kappa shape index (κ3) is 2.30. The van der Waals surface area contributed by atoms with Crippen LogP contribution in [0.25, 0.3) is 0 Å². The van der Waals surface area contributed by atoms with Gasteiger partial charge in [0.25, 0.3) is 0 Å². The topological polar surface area (TPSA) is 42.7 Å². The highest BCUT2D eigenvalue weighted by atomic mass is 15.3. The van der Waals surface area contributed by atoms with Gasteiger partial charge >= 0.3 is 0 Å². The van der Waals surface area contributed by atoms with E-state index in [9.17, 15) is 0 Å². The van der Waals surface area contributed by atoms with E-state index in [4.69, 9.17) is 0 Å². The van der Waals surface area contributed by atoms with Crippen LogP contribution >= 0.6 is 0 Å². The van der Waals surface area contributed by atoms with Gasteiger partial charge in [0.15, 0.2) is 0 Å². The Labute approximate surface area is 110 Å². The van der Waals surface area contributed by atoms with Crippen molar-refractivity contribution in [1.29, 1.82) is 0 Å². The van der Waals surface area contributed by atoms with Crippen molar-refractivity contribution in [1.82, 2.24) is 20.1 Å². The molecule has 1 aliphatic rings. The lowest BCUT2D eigenvalue weighted by Crippen LogP contribution is -2.45. The summed E-state index contributed by atoms with van der Waals surface area (Å²) in [5.74, 6) is 2.24. The zero-order valence-corrected chi connectivity index (χ0v) is 12.2. The van der Waals surface area contributed by atoms with Crippen LogP contribution in [-0.2, 0) is 5.41 Å². The van der Waals surface area contributed by atoms with Gasteiger partial charge < -0.3 is 9.88 Å². The number of rotatable bonds is 4. The molecule has 1 unspecified atom stereocenters. The zero-order valence-electron chi connectivity index (χ0n) is 12.2. The summed E-state index contributed by atoms with van der Waals surface area (Å²) in [5, 5.41) is 12.4. The highest BCUT2D eigenvalue weighted by Crippen LogP contribution is 2.36. The van der Waals surface area contributed by atoms with Crippen molar-refractivity contribution in [2.75, 3.05) is 13.1 Å². The van der Waals surface area contributed by atoms with Gasteiger partial charge in [-0.05, 0) is 46.6 Å². The predicted octanol–water partition coefficient (Wildman–Crippen LogP) is 2.59. The van der Waals surface area contributed by atoms with E-state index >= 15 is 0 Å². The van der Waals surface area contributed by atoms with Crippen molar-refractivity contribution < 1.29 is 0 Å². The Kier molecular flexibility index (Phi) is 4.05. The summed E-state index contributed by atoms with van der Waals surface area (Å²) >= 11 is 0. The van der Waals surface area contributed by atoms with Crippen LogP contribution in [0.4, 0.5) is 0 Å². The fourth-order valence-corrected chi connectivity index (χ4v) is 3.31. The standard InChI is InChI=1S/C14H26N4/c1-5-7-14(8-6-9-15-10-14)13-17-16-12(4)18(13)11(2)3/h11,15H,5-10H2,1-4H3. The molecule has 1 N–H and O–H groups in total. The SMILES string of the molecule is CCCC1(c2nnc(C)n2C(C)C)CCCNC1. The molecule has 0 spiro atoms. The normalized spacial score (nSPS) is 24.7. The van der Waals surface area contributed by atoms with E-state index in [0.29, 0.717) is 6.04 Å². The molecule has 2 rings (SSSR count). The minimum Gasteiger partial charge on any atom is -0.316 e. The van der Waals surface area contributed by atoms with Gasteiger partial charge in [0.1, 0.15) is 11.6 Å². The summed E-state index contributed by atoms with van der Waals surface area (Å²) in [4.78, 5) is 0. The third-order valence-electron chi connectivity index (χ3n) is 4.06. The molecule has 4 heteroatoms. The maximum atomic E-state index is 4.52. The van der Waals surface area contributed by atoms with Gasteiger partial charge in [-0.1, -0.05) is 13.3 Å². The maximum absolute atomic E-state index is 4.52. The van der Waals surface area contributed by atoms with Crippen molar-refractivity contribution in [3.63, 3.8) is 0 Å². The van der Waals surface area contributed by atoms with Gasteiger partial charge in [-0.15, -0.1) is 10.2 Å². The molecule has 1 fully saturated rings. The first-order valence-electron chi connectivity index (χ1n) is 7.23. The molecule has 1 atom stereocenters. The molecule has 0 aliphatic carbocycles. The Bertz CT molecular complexity index is 383. The Balaban J connectivity index is 2.42. The van der Waals surface area contributed by atoms with E-state index in [1.165, 1.54) is 31.5 Å². The molecule has 1 aromatic rings. The molecule has 0 radical (unpaired) electrons. The van der Waals surface area contributed by atoms with Crippen molar-refractivity contribution in [2.24, 2.45) is 0 Å². The summed E-state index contributed by atoms with van der Waals surface area (Å²) in [6.45, 7) is 10.9. The van der Waals surface area contributed by atoms with Gasteiger partial charge in [0.05, 0.1) is 0 Å². The second-order valence-corrected chi connectivity index (χ2v) is 5.85. The Morgan fingerprint density at radius 3 is 2.72 bits per heavy atom. The predicted molar refractivity (Wildman–Crippen MR) is 73.8 cm³/mol. The average Bonchev–Trinajstić information content (AvgIpc) is 2.73. The van der Waals surface area contributed by atoms with Crippen LogP contribution in [0.1, 0.15) is 64.1 Å². The van der Waals surface area contributed by atoms with E-state index < -0.39 is 0 Å². The summed E-state index contributed by atoms with van der Waals surface area (Å²) in [6, 6.07) is 0.436. The first-order chi connectivity index (χ1) is 8.60. The van der Waals surface area contributed by atoms with Crippen LogP contribution in [0.5, 0.6) is 0 Å². The zero-order chi connectivity index (χ0) is 13.2. The van der Waals surface area contributed by atoms with E-state index in [0.717, 1.165) is 18.9 Å². The lowest BCUT2D eigenvalue weighted by Gasteiger charge is -2.37. The summed E-state index contributed by atoms with van der Waals surface area (Å²) in [5.41, 5.74) is 0.193. The monoisotopic (exact) mass is 250 g/mol. The smallest absolute Gasteiger partial charge is 0.140 e. The maximum Gasteiger partial charge on any atom is 0.140 e. The van der Waals surface area contributed by atoms with Crippen LogP contribution in [0, 0.1) is 6.92 Å². The van der Waals surface area contributed by atoms with Gasteiger partial charge in [0.2, 0.25) is 0 Å². The molecular weight excluding hydrogens is 224 g/mol. The summed E-state index contributed by atoms with van der Waals surface area (Å²) in [7, 11) is 0. The minimum atomic E-state index is 0.193. The number of hydrogen-bond donors (Lipinski definition) is 1. The molecule has 1 aromatic heterocycles. The van der Waals surface area contributed by atoms with Crippen LogP contribution < -0.4 is 5.32 Å². The Morgan fingerprint density at radius 1 is 1.39 bits per heavy atom. The highest BCUT2D eigenvalue weighted by molar-refractivity contribution is 5.14. The van der Waals surface area contributed by atoms with Gasteiger partial charge in [-0.3, -0.25) is 0 Å². The van der Waals surface area contributed by atoms with Crippen molar-refractivity contribution in [3.05, 3.63) is 11.6 Å². The number of aromatic nitrogens is 3. The molecule has 0 bridgehead atoms. The molecule has 0 saturated carbocycles. The van der Waals surface area contributed by atoms with E-state index in [1.807, 2.05) is 0 Å². The second kappa shape index (κ2) is 5.39. The van der Waals surface area contributed by atoms with Gasteiger partial charge in [-0.25, -0.2) is 0 Å². The highest BCUT2D eigenvalue weighted by Gasteiger charge is 2.38. The molecule has 1 aliphatic heterocycles.